The molecule has 0 radical (unpaired) electrons. The van der Waals surface area contributed by atoms with Crippen LogP contribution in [0.2, 0.25) is 5.02 Å². The Morgan fingerprint density at radius 1 is 0.800 bits per heavy atom. The highest BCUT2D eigenvalue weighted by Crippen LogP contribution is 2.12. The van der Waals surface area contributed by atoms with Gasteiger partial charge in [0.25, 0.3) is 0 Å². The Bertz CT molecular complexity index is 993. The molecule has 190 valence electrons. The van der Waals surface area contributed by atoms with E-state index in [0.29, 0.717) is 13.1 Å². The van der Waals surface area contributed by atoms with Gasteiger partial charge in [-0.2, -0.15) is 0 Å². The van der Waals surface area contributed by atoms with Crippen LogP contribution < -0.4 is 16.0 Å². The second-order valence-electron chi connectivity index (χ2n) is 9.97. The van der Waals surface area contributed by atoms with E-state index in [1.165, 1.54) is 0 Å². The third-order valence-corrected chi connectivity index (χ3v) is 4.46. The van der Waals surface area contributed by atoms with E-state index in [-0.39, 0.29) is 12.5 Å². The normalized spacial score (nSPS) is 11.4. The largest absolute Gasteiger partial charge is 0.444 e. The van der Waals surface area contributed by atoms with E-state index in [9.17, 15) is 9.59 Å². The predicted octanol–water partition coefficient (Wildman–Crippen LogP) is 5.54. The molecule has 0 aliphatic rings. The third kappa shape index (κ3) is 12.2. The lowest BCUT2D eigenvalue weighted by atomic mass is 10.1. The van der Waals surface area contributed by atoms with Gasteiger partial charge in [0, 0.05) is 18.1 Å². The average molecular weight is 503 g/mol. The number of carbonyl (C=O) groups excluding carboxylic acids is 2. The Hall–Kier alpha value is -3.10. The molecule has 0 saturated heterocycles. The van der Waals surface area contributed by atoms with Crippen LogP contribution >= 0.6 is 11.6 Å². The van der Waals surface area contributed by atoms with Crippen molar-refractivity contribution in [3.8, 4) is 0 Å². The smallest absolute Gasteiger partial charge is 0.414 e. The minimum absolute atomic E-state index is 0.0548. The van der Waals surface area contributed by atoms with E-state index in [0.717, 1.165) is 21.7 Å². The van der Waals surface area contributed by atoms with E-state index in [1.54, 1.807) is 41.5 Å². The minimum atomic E-state index is -0.728. The topological polar surface area (TPSA) is 101 Å². The van der Waals surface area contributed by atoms with Gasteiger partial charge in [-0.05, 0) is 70.4 Å². The van der Waals surface area contributed by atoms with Crippen molar-refractivity contribution in [3.05, 3.63) is 70.2 Å². The molecule has 0 spiro atoms. The molecule has 0 bridgehead atoms. The van der Waals surface area contributed by atoms with E-state index in [2.05, 4.69) is 20.9 Å². The van der Waals surface area contributed by atoms with Crippen LogP contribution in [0.3, 0.4) is 0 Å². The zero-order valence-electron chi connectivity index (χ0n) is 21.2. The minimum Gasteiger partial charge on any atom is -0.444 e. The number of carbonyl (C=O) groups is 2. The molecular formula is C26H35ClN4O4. The van der Waals surface area contributed by atoms with Crippen LogP contribution in [0.1, 0.15) is 58.2 Å². The Balaban J connectivity index is 1.98. The highest BCUT2D eigenvalue weighted by Gasteiger charge is 2.21. The molecule has 0 atom stereocenters. The second kappa shape index (κ2) is 12.6. The number of hydrogen-bond acceptors (Lipinski definition) is 6. The summed E-state index contributed by atoms with van der Waals surface area (Å²) in [5.41, 5.74) is 1.73. The number of benzene rings is 2. The van der Waals surface area contributed by atoms with E-state index in [4.69, 9.17) is 21.1 Å². The number of ether oxygens (including phenoxy) is 2. The fourth-order valence-electron chi connectivity index (χ4n) is 2.84. The first-order chi connectivity index (χ1) is 16.3. The number of rotatable bonds is 6. The molecule has 9 heteroatoms. The van der Waals surface area contributed by atoms with Gasteiger partial charge in [-0.1, -0.05) is 48.0 Å². The molecule has 0 fully saturated rings. The first-order valence-electron chi connectivity index (χ1n) is 11.4. The quantitative estimate of drug-likeness (QED) is 0.356. The van der Waals surface area contributed by atoms with Crippen LogP contribution in [0.15, 0.2) is 53.5 Å². The van der Waals surface area contributed by atoms with Crippen LogP contribution in [-0.2, 0) is 29.1 Å². The van der Waals surface area contributed by atoms with Gasteiger partial charge in [0.2, 0.25) is 5.96 Å². The van der Waals surface area contributed by atoms with Crippen molar-refractivity contribution in [2.24, 2.45) is 4.99 Å². The van der Waals surface area contributed by atoms with Crippen LogP contribution in [0, 0.1) is 0 Å². The summed E-state index contributed by atoms with van der Waals surface area (Å²) in [6.45, 7) is 12.1. The molecule has 0 aliphatic carbocycles. The Labute approximate surface area is 212 Å². The van der Waals surface area contributed by atoms with Gasteiger partial charge in [-0.3, -0.25) is 10.6 Å². The summed E-state index contributed by atoms with van der Waals surface area (Å²) >= 11 is 6.02. The fraction of sp³-hybridized carbons (Fsp3) is 0.423. The number of hydrogen-bond donors (Lipinski definition) is 3. The summed E-state index contributed by atoms with van der Waals surface area (Å²) in [6.07, 6.45) is -1.46. The monoisotopic (exact) mass is 502 g/mol. The number of alkyl carbamates (subject to hydrolysis) is 2. The molecule has 2 aromatic rings. The van der Waals surface area contributed by atoms with Gasteiger partial charge in [0.15, 0.2) is 0 Å². The van der Waals surface area contributed by atoms with Crippen LogP contribution in [0.5, 0.6) is 0 Å². The van der Waals surface area contributed by atoms with Crippen LogP contribution in [-0.4, -0.2) is 29.3 Å². The molecule has 3 N–H and O–H groups in total. The highest BCUT2D eigenvalue weighted by atomic mass is 35.5. The maximum atomic E-state index is 12.2. The molecule has 8 nitrogen and oxygen atoms in total. The lowest BCUT2D eigenvalue weighted by Gasteiger charge is -2.22. The molecule has 0 aromatic heterocycles. The lowest BCUT2D eigenvalue weighted by Crippen LogP contribution is -2.47. The second-order valence-corrected chi connectivity index (χ2v) is 10.4. The van der Waals surface area contributed by atoms with Crippen molar-refractivity contribution >= 4 is 29.7 Å². The van der Waals surface area contributed by atoms with Crippen molar-refractivity contribution in [3.63, 3.8) is 0 Å². The first-order valence-corrected chi connectivity index (χ1v) is 11.7. The van der Waals surface area contributed by atoms with E-state index < -0.39 is 23.4 Å². The van der Waals surface area contributed by atoms with Crippen molar-refractivity contribution in [2.45, 2.75) is 72.4 Å². The van der Waals surface area contributed by atoms with Crippen molar-refractivity contribution in [1.82, 2.24) is 16.0 Å². The Kier molecular flexibility index (Phi) is 10.1. The summed E-state index contributed by atoms with van der Waals surface area (Å²) in [5.74, 6) is -0.0548. The zero-order chi connectivity index (χ0) is 26.1. The number of amides is 2. The van der Waals surface area contributed by atoms with Gasteiger partial charge >= 0.3 is 12.2 Å². The lowest BCUT2D eigenvalue weighted by molar-refractivity contribution is 0.0545. The van der Waals surface area contributed by atoms with Gasteiger partial charge in [-0.15, -0.1) is 0 Å². The summed E-state index contributed by atoms with van der Waals surface area (Å²) in [7, 11) is 0. The maximum Gasteiger partial charge on any atom is 0.414 e. The molecular weight excluding hydrogens is 468 g/mol. The number of nitrogens with zero attached hydrogens (tertiary/aromatic N) is 1. The number of halogens is 1. The third-order valence-electron chi connectivity index (χ3n) is 4.23. The number of nitrogens with one attached hydrogen (secondary N) is 3. The van der Waals surface area contributed by atoms with Crippen LogP contribution in [0.4, 0.5) is 9.59 Å². The van der Waals surface area contributed by atoms with Crippen molar-refractivity contribution < 1.29 is 19.1 Å². The molecule has 2 rings (SSSR count). The Morgan fingerprint density at radius 2 is 1.31 bits per heavy atom. The molecule has 0 aliphatic heterocycles. The van der Waals surface area contributed by atoms with Crippen molar-refractivity contribution in [2.75, 3.05) is 0 Å². The summed E-state index contributed by atoms with van der Waals surface area (Å²) in [6, 6.07) is 15.6. The number of guanidine groups is 1. The van der Waals surface area contributed by atoms with E-state index in [1.807, 2.05) is 48.5 Å². The van der Waals surface area contributed by atoms with Gasteiger partial charge < -0.3 is 14.8 Å². The van der Waals surface area contributed by atoms with Crippen molar-refractivity contribution in [1.29, 1.82) is 0 Å². The van der Waals surface area contributed by atoms with E-state index >= 15 is 0 Å². The molecule has 0 heterocycles. The predicted molar refractivity (Wildman–Crippen MR) is 138 cm³/mol. The van der Waals surface area contributed by atoms with Gasteiger partial charge in [-0.25, -0.2) is 14.6 Å². The van der Waals surface area contributed by atoms with Gasteiger partial charge in [0.1, 0.15) is 11.2 Å². The standard InChI is InChI=1S/C26H35ClN4O4/c1-25(2,3)34-23(32)30-22(31-24(33)35-26(4,5)6)29-17-19-12-10-18(11-13-19)15-28-16-20-8-7-9-21(27)14-20/h7-14,28H,15-17H2,1-6H3,(H2,29,30,31,32,33). The summed E-state index contributed by atoms with van der Waals surface area (Å²) in [5, 5.41) is 9.06. The molecule has 0 saturated carbocycles. The first kappa shape index (κ1) is 28.1. The maximum absolute atomic E-state index is 12.2. The van der Waals surface area contributed by atoms with Crippen LogP contribution in [0.25, 0.3) is 0 Å². The highest BCUT2D eigenvalue weighted by molar-refractivity contribution is 6.30. The zero-order valence-corrected chi connectivity index (χ0v) is 22.0. The summed E-state index contributed by atoms with van der Waals surface area (Å²) in [4.78, 5) is 28.7. The molecule has 2 amide bonds. The molecule has 2 aromatic carbocycles. The fourth-order valence-corrected chi connectivity index (χ4v) is 3.05. The van der Waals surface area contributed by atoms with Gasteiger partial charge in [0.05, 0.1) is 6.54 Å². The molecule has 35 heavy (non-hydrogen) atoms. The number of aliphatic imine (C=N–C) groups is 1. The Morgan fingerprint density at radius 3 is 1.83 bits per heavy atom. The summed E-state index contributed by atoms with van der Waals surface area (Å²) < 4.78 is 10.5. The SMILES string of the molecule is CC(C)(C)OC(=O)NC(=NCc1ccc(CNCc2cccc(Cl)c2)cc1)NC(=O)OC(C)(C)C. The molecule has 0 unspecified atom stereocenters. The average Bonchev–Trinajstić information content (AvgIpc) is 2.70.